The van der Waals surface area contributed by atoms with Crippen molar-refractivity contribution in [2.45, 2.75) is 13.5 Å². The van der Waals surface area contributed by atoms with Crippen molar-refractivity contribution in [1.82, 2.24) is 9.55 Å². The number of pyridine rings is 1. The molecular formula is C13H11N3O2S. The Kier molecular flexibility index (Phi) is 2.79. The highest BCUT2D eigenvalue weighted by molar-refractivity contribution is 7.09. The molecule has 0 aliphatic heterocycles. The smallest absolute Gasteiger partial charge is 0.286 e. The Morgan fingerprint density at radius 3 is 3.05 bits per heavy atom. The van der Waals surface area contributed by atoms with E-state index in [1.165, 1.54) is 18.3 Å². The molecule has 5 nitrogen and oxygen atoms in total. The minimum Gasteiger partial charge on any atom is -0.839 e. The van der Waals surface area contributed by atoms with E-state index in [-0.39, 0.29) is 17.4 Å². The molecule has 0 amide bonds. The Balaban J connectivity index is 2.23. The third-order valence-electron chi connectivity index (χ3n) is 2.93. The van der Waals surface area contributed by atoms with Gasteiger partial charge in [-0.05, 0) is 6.07 Å². The van der Waals surface area contributed by atoms with Crippen LogP contribution in [0, 0.1) is 0 Å². The van der Waals surface area contributed by atoms with Crippen molar-refractivity contribution in [3.05, 3.63) is 46.7 Å². The Morgan fingerprint density at radius 2 is 2.37 bits per heavy atom. The van der Waals surface area contributed by atoms with Crippen LogP contribution in [0.5, 0.6) is 5.88 Å². The minimum atomic E-state index is -0.257. The molecule has 0 atom stereocenters. The first-order chi connectivity index (χ1) is 9.18. The molecule has 3 aromatic heterocycles. The van der Waals surface area contributed by atoms with E-state index in [9.17, 15) is 9.90 Å². The van der Waals surface area contributed by atoms with Crippen molar-refractivity contribution < 1.29 is 14.3 Å². The summed E-state index contributed by atoms with van der Waals surface area (Å²) in [6.07, 6.45) is 3.47. The standard InChI is InChI=1S/C13H11N3O2S/c1-9(17)12-13(18)16(7-10-6-14-8-19-10)11-4-2-3-5-15(11)12/h2-6,8H,7H2,1H3. The molecule has 0 radical (unpaired) electrons. The SMILES string of the molecule is CC(=O)c1c([O-])n(Cc2cncs2)c2cccc[n+]12. The minimum absolute atomic E-state index is 0.195. The van der Waals surface area contributed by atoms with E-state index in [1.807, 2.05) is 12.1 Å². The lowest BCUT2D eigenvalue weighted by Crippen LogP contribution is -2.26. The van der Waals surface area contributed by atoms with Crippen LogP contribution in [0.2, 0.25) is 0 Å². The van der Waals surface area contributed by atoms with Crippen molar-refractivity contribution in [2.75, 3.05) is 0 Å². The summed E-state index contributed by atoms with van der Waals surface area (Å²) in [5.41, 5.74) is 2.64. The van der Waals surface area contributed by atoms with Gasteiger partial charge in [0, 0.05) is 19.2 Å². The largest absolute Gasteiger partial charge is 0.839 e. The fourth-order valence-corrected chi connectivity index (χ4v) is 2.71. The predicted octanol–water partition coefficient (Wildman–Crippen LogP) is 1.01. The van der Waals surface area contributed by atoms with Crippen LogP contribution in [0.4, 0.5) is 0 Å². The summed E-state index contributed by atoms with van der Waals surface area (Å²) < 4.78 is 3.25. The highest BCUT2D eigenvalue weighted by Crippen LogP contribution is 2.19. The maximum atomic E-state index is 12.4. The van der Waals surface area contributed by atoms with Gasteiger partial charge in [-0.15, -0.1) is 11.3 Å². The average molecular weight is 273 g/mol. The number of rotatable bonds is 3. The third kappa shape index (κ3) is 1.90. The van der Waals surface area contributed by atoms with Crippen molar-refractivity contribution >= 4 is 22.8 Å². The van der Waals surface area contributed by atoms with Gasteiger partial charge in [0.05, 0.1) is 16.6 Å². The summed E-state index contributed by atoms with van der Waals surface area (Å²) in [6.45, 7) is 1.84. The molecule has 0 fully saturated rings. The second-order valence-corrected chi connectivity index (χ2v) is 5.16. The maximum Gasteiger partial charge on any atom is 0.286 e. The first-order valence-electron chi connectivity index (χ1n) is 5.76. The van der Waals surface area contributed by atoms with Crippen molar-refractivity contribution in [3.8, 4) is 5.88 Å². The molecule has 6 heteroatoms. The van der Waals surface area contributed by atoms with Crippen LogP contribution in [0.1, 0.15) is 22.3 Å². The maximum absolute atomic E-state index is 12.4. The van der Waals surface area contributed by atoms with Gasteiger partial charge < -0.3 is 5.11 Å². The zero-order chi connectivity index (χ0) is 13.4. The van der Waals surface area contributed by atoms with Gasteiger partial charge in [-0.25, -0.2) is 4.57 Å². The van der Waals surface area contributed by atoms with Crippen LogP contribution >= 0.6 is 11.3 Å². The van der Waals surface area contributed by atoms with Crippen LogP contribution in [-0.4, -0.2) is 15.3 Å². The highest BCUT2D eigenvalue weighted by Gasteiger charge is 2.22. The summed E-state index contributed by atoms with van der Waals surface area (Å²) in [6, 6.07) is 5.48. The van der Waals surface area contributed by atoms with Gasteiger partial charge in [0.15, 0.2) is 0 Å². The van der Waals surface area contributed by atoms with E-state index in [4.69, 9.17) is 0 Å². The molecule has 3 heterocycles. The van der Waals surface area contributed by atoms with E-state index >= 15 is 0 Å². The van der Waals surface area contributed by atoms with Crippen LogP contribution < -0.4 is 9.51 Å². The van der Waals surface area contributed by atoms with E-state index in [0.29, 0.717) is 12.2 Å². The second kappa shape index (κ2) is 4.47. The van der Waals surface area contributed by atoms with Crippen LogP contribution in [0.15, 0.2) is 36.1 Å². The van der Waals surface area contributed by atoms with E-state index < -0.39 is 0 Å². The monoisotopic (exact) mass is 273 g/mol. The van der Waals surface area contributed by atoms with Gasteiger partial charge in [-0.2, -0.15) is 4.40 Å². The summed E-state index contributed by atoms with van der Waals surface area (Å²) in [4.78, 5) is 16.6. The zero-order valence-corrected chi connectivity index (χ0v) is 11.1. The lowest BCUT2D eigenvalue weighted by atomic mass is 10.3. The number of thiazole rings is 1. The lowest BCUT2D eigenvalue weighted by Gasteiger charge is -2.04. The fourth-order valence-electron chi connectivity index (χ4n) is 2.13. The first kappa shape index (κ1) is 11.9. The molecule has 0 aliphatic rings. The van der Waals surface area contributed by atoms with E-state index in [2.05, 4.69) is 4.98 Å². The molecule has 0 aromatic carbocycles. The number of carbonyl (C=O) groups is 1. The number of nitrogens with zero attached hydrogens (tertiary/aromatic N) is 3. The molecular weight excluding hydrogens is 262 g/mol. The van der Waals surface area contributed by atoms with E-state index in [0.717, 1.165) is 4.88 Å². The molecule has 96 valence electrons. The van der Waals surface area contributed by atoms with Gasteiger partial charge in [0.2, 0.25) is 11.5 Å². The molecule has 3 rings (SSSR count). The number of aromatic nitrogens is 3. The van der Waals surface area contributed by atoms with Crippen LogP contribution in [0.25, 0.3) is 5.65 Å². The molecule has 0 bridgehead atoms. The van der Waals surface area contributed by atoms with Gasteiger partial charge >= 0.3 is 0 Å². The molecule has 0 saturated heterocycles. The molecule has 0 saturated carbocycles. The number of carbonyl (C=O) groups excluding carboxylic acids is 1. The number of Topliss-reactive ketones (excluding diaryl/α,β-unsaturated/α-hetero) is 1. The number of fused-ring (bicyclic) bond motifs is 1. The third-order valence-corrected chi connectivity index (χ3v) is 3.70. The Bertz CT molecular complexity index is 747. The average Bonchev–Trinajstić information content (AvgIpc) is 2.97. The van der Waals surface area contributed by atoms with E-state index in [1.54, 1.807) is 32.9 Å². The predicted molar refractivity (Wildman–Crippen MR) is 68.3 cm³/mol. The summed E-state index contributed by atoms with van der Waals surface area (Å²) in [7, 11) is 0. The Labute approximate surface area is 113 Å². The van der Waals surface area contributed by atoms with Gasteiger partial charge in [0.25, 0.3) is 5.65 Å². The number of hydrogen-bond acceptors (Lipinski definition) is 4. The molecule has 0 unspecified atom stereocenters. The summed E-state index contributed by atoms with van der Waals surface area (Å²) >= 11 is 1.49. The second-order valence-electron chi connectivity index (χ2n) is 4.19. The highest BCUT2D eigenvalue weighted by atomic mass is 32.1. The van der Waals surface area contributed by atoms with Crippen molar-refractivity contribution in [3.63, 3.8) is 0 Å². The first-order valence-corrected chi connectivity index (χ1v) is 6.64. The summed E-state index contributed by atoms with van der Waals surface area (Å²) in [5, 5.41) is 12.4. The molecule has 3 aromatic rings. The van der Waals surface area contributed by atoms with Crippen molar-refractivity contribution in [1.29, 1.82) is 0 Å². The van der Waals surface area contributed by atoms with Crippen LogP contribution in [-0.2, 0) is 6.54 Å². The number of imidazole rings is 1. The fraction of sp³-hybridized carbons (Fsp3) is 0.154. The summed E-state index contributed by atoms with van der Waals surface area (Å²) in [5.74, 6) is -0.485. The van der Waals surface area contributed by atoms with Crippen LogP contribution in [0.3, 0.4) is 0 Å². The molecule has 0 aliphatic carbocycles. The molecule has 19 heavy (non-hydrogen) atoms. The lowest BCUT2D eigenvalue weighted by molar-refractivity contribution is -0.516. The van der Waals surface area contributed by atoms with Gasteiger partial charge in [-0.1, -0.05) is 6.07 Å². The Hall–Kier alpha value is -2.21. The topological polar surface area (TPSA) is 62.0 Å². The zero-order valence-electron chi connectivity index (χ0n) is 10.2. The Morgan fingerprint density at radius 1 is 1.53 bits per heavy atom. The molecule has 0 spiro atoms. The molecule has 0 N–H and O–H groups in total. The quantitative estimate of drug-likeness (QED) is 0.528. The van der Waals surface area contributed by atoms with Crippen molar-refractivity contribution in [2.24, 2.45) is 0 Å². The normalized spacial score (nSPS) is 11.0. The number of ketones is 1. The van der Waals surface area contributed by atoms with Gasteiger partial charge in [-0.3, -0.25) is 9.78 Å². The number of hydrogen-bond donors (Lipinski definition) is 0. The van der Waals surface area contributed by atoms with Gasteiger partial charge in [0.1, 0.15) is 12.4 Å².